The largest absolute Gasteiger partial charge is 0.494 e. The summed E-state index contributed by atoms with van der Waals surface area (Å²) < 4.78 is 6.38. The molecule has 1 aliphatic heterocycles. The average molecular weight is 344 g/mol. The van der Waals surface area contributed by atoms with Crippen LogP contribution in [0.25, 0.3) is 0 Å². The van der Waals surface area contributed by atoms with Gasteiger partial charge in [-0.2, -0.15) is 5.10 Å². The van der Waals surface area contributed by atoms with Crippen LogP contribution < -0.4 is 11.2 Å². The van der Waals surface area contributed by atoms with Crippen LogP contribution in [0, 0.1) is 0 Å². The Labute approximate surface area is 144 Å². The van der Waals surface area contributed by atoms with Gasteiger partial charge in [-0.1, -0.05) is 30.3 Å². The molecule has 0 spiro atoms. The lowest BCUT2D eigenvalue weighted by molar-refractivity contribution is 0.0396. The van der Waals surface area contributed by atoms with Gasteiger partial charge in [0.25, 0.3) is 5.56 Å². The number of aryl methyl sites for hydroxylation is 1. The van der Waals surface area contributed by atoms with Crippen LogP contribution in [0.2, 0.25) is 0 Å². The summed E-state index contributed by atoms with van der Waals surface area (Å²) in [5.41, 5.74) is -0.292. The van der Waals surface area contributed by atoms with Crippen molar-refractivity contribution in [1.82, 2.24) is 14.6 Å². The molecule has 3 rings (SSSR count). The lowest BCUT2D eigenvalue weighted by Gasteiger charge is -2.23. The summed E-state index contributed by atoms with van der Waals surface area (Å²) in [6.07, 6.45) is 1.85. The molecule has 0 bridgehead atoms. The van der Waals surface area contributed by atoms with E-state index in [0.29, 0.717) is 32.7 Å². The third-order valence-electron chi connectivity index (χ3n) is 4.01. The summed E-state index contributed by atoms with van der Waals surface area (Å²) in [6, 6.07) is 9.60. The lowest BCUT2D eigenvalue weighted by Crippen LogP contribution is -2.34. The quantitative estimate of drug-likeness (QED) is 0.752. The maximum absolute atomic E-state index is 12.0. The van der Waals surface area contributed by atoms with Crippen LogP contribution in [0.5, 0.6) is 5.88 Å². The van der Waals surface area contributed by atoms with Gasteiger partial charge >= 0.3 is 5.69 Å². The van der Waals surface area contributed by atoms with Gasteiger partial charge in [0.05, 0.1) is 32.5 Å². The third kappa shape index (κ3) is 4.16. The maximum Gasteiger partial charge on any atom is 0.331 e. The minimum atomic E-state index is -0.657. The highest BCUT2D eigenvalue weighted by Gasteiger charge is 2.14. The Morgan fingerprint density at radius 1 is 1.20 bits per heavy atom. The van der Waals surface area contributed by atoms with E-state index >= 15 is 0 Å². The van der Waals surface area contributed by atoms with Gasteiger partial charge in [0, 0.05) is 6.54 Å². The van der Waals surface area contributed by atoms with Gasteiger partial charge in [-0.3, -0.25) is 19.4 Å². The third-order valence-corrected chi connectivity index (χ3v) is 4.01. The number of aromatic amines is 1. The van der Waals surface area contributed by atoms with Crippen LogP contribution >= 0.6 is 0 Å². The number of nitrogens with one attached hydrogen (secondary N) is 1. The van der Waals surface area contributed by atoms with Crippen molar-refractivity contribution in [2.24, 2.45) is 5.10 Å². The molecule has 0 amide bonds. The Morgan fingerprint density at radius 2 is 1.92 bits per heavy atom. The molecule has 0 saturated carbocycles. The molecule has 0 aliphatic carbocycles. The highest BCUT2D eigenvalue weighted by atomic mass is 16.5. The summed E-state index contributed by atoms with van der Waals surface area (Å²) in [7, 11) is 0. The van der Waals surface area contributed by atoms with Crippen LogP contribution in [-0.4, -0.2) is 52.2 Å². The Hall–Kier alpha value is -2.87. The number of nitrogens with zero attached hydrogens (tertiary/aromatic N) is 3. The monoisotopic (exact) mass is 344 g/mol. The first kappa shape index (κ1) is 17.0. The Kier molecular flexibility index (Phi) is 5.30. The Balaban J connectivity index is 1.82. The fraction of sp³-hybridized carbons (Fsp3) is 0.353. The molecule has 25 heavy (non-hydrogen) atoms. The van der Waals surface area contributed by atoms with Crippen molar-refractivity contribution in [2.45, 2.75) is 13.0 Å². The second-order valence-corrected chi connectivity index (χ2v) is 5.69. The number of H-pyrrole nitrogens is 1. The van der Waals surface area contributed by atoms with Crippen molar-refractivity contribution in [3.05, 3.63) is 62.3 Å². The van der Waals surface area contributed by atoms with Gasteiger partial charge in [-0.25, -0.2) is 4.79 Å². The van der Waals surface area contributed by atoms with Crippen molar-refractivity contribution in [1.29, 1.82) is 0 Å². The zero-order valence-corrected chi connectivity index (χ0v) is 13.7. The fourth-order valence-corrected chi connectivity index (χ4v) is 2.59. The van der Waals surface area contributed by atoms with E-state index in [-0.39, 0.29) is 18.0 Å². The first-order valence-corrected chi connectivity index (χ1v) is 8.12. The van der Waals surface area contributed by atoms with E-state index in [2.05, 4.69) is 10.1 Å². The normalized spacial score (nSPS) is 15.0. The number of aromatic nitrogens is 2. The molecule has 8 nitrogen and oxygen atoms in total. The number of ether oxygens (including phenoxy) is 1. The number of morpholine rings is 1. The molecule has 1 aromatic heterocycles. The first-order chi connectivity index (χ1) is 12.1. The lowest BCUT2D eigenvalue weighted by atomic mass is 10.1. The molecule has 2 aromatic rings. The molecule has 1 aromatic carbocycles. The molecule has 1 fully saturated rings. The van der Waals surface area contributed by atoms with E-state index in [4.69, 9.17) is 4.74 Å². The highest BCUT2D eigenvalue weighted by molar-refractivity contribution is 5.81. The zero-order chi connectivity index (χ0) is 17.6. The number of hydrazone groups is 1. The number of hydrogen-bond donors (Lipinski definition) is 2. The van der Waals surface area contributed by atoms with Crippen molar-refractivity contribution >= 4 is 6.21 Å². The van der Waals surface area contributed by atoms with Crippen molar-refractivity contribution in [3.63, 3.8) is 0 Å². The summed E-state index contributed by atoms with van der Waals surface area (Å²) >= 11 is 0. The summed E-state index contributed by atoms with van der Waals surface area (Å²) in [4.78, 5) is 26.2. The van der Waals surface area contributed by atoms with Gasteiger partial charge in [-0.15, -0.1) is 0 Å². The van der Waals surface area contributed by atoms with Crippen molar-refractivity contribution in [3.8, 4) is 5.88 Å². The Bertz CT molecular complexity index is 851. The van der Waals surface area contributed by atoms with Crippen molar-refractivity contribution < 1.29 is 9.84 Å². The van der Waals surface area contributed by atoms with Crippen LogP contribution in [0.4, 0.5) is 0 Å². The maximum atomic E-state index is 12.0. The molecule has 1 aliphatic rings. The standard InChI is InChI=1S/C17H20N4O4/c22-15-14(12-18-20-8-10-25-11-9-20)16(23)21(17(24)19-15)7-6-13-4-2-1-3-5-13/h1-5,12,23H,6-11H2,(H,19,22,24). The topological polar surface area (TPSA) is 99.9 Å². The second-order valence-electron chi connectivity index (χ2n) is 5.69. The van der Waals surface area contributed by atoms with E-state index in [1.165, 1.54) is 6.21 Å². The molecule has 1 saturated heterocycles. The molecule has 2 N–H and O–H groups in total. The summed E-state index contributed by atoms with van der Waals surface area (Å²) in [6.45, 7) is 2.61. The SMILES string of the molecule is O=c1[nH]c(=O)n(CCc2ccccc2)c(O)c1C=NN1CCOCC1. The van der Waals surface area contributed by atoms with Gasteiger partial charge < -0.3 is 9.84 Å². The van der Waals surface area contributed by atoms with Crippen LogP contribution in [-0.2, 0) is 17.7 Å². The minimum Gasteiger partial charge on any atom is -0.494 e. The van der Waals surface area contributed by atoms with Crippen LogP contribution in [0.3, 0.4) is 0 Å². The molecular formula is C17H20N4O4. The van der Waals surface area contributed by atoms with E-state index in [9.17, 15) is 14.7 Å². The number of benzene rings is 1. The van der Waals surface area contributed by atoms with Crippen LogP contribution in [0.15, 0.2) is 45.0 Å². The first-order valence-electron chi connectivity index (χ1n) is 8.12. The van der Waals surface area contributed by atoms with Gasteiger partial charge in [0.2, 0.25) is 5.88 Å². The Morgan fingerprint density at radius 3 is 2.64 bits per heavy atom. The zero-order valence-electron chi connectivity index (χ0n) is 13.7. The summed E-state index contributed by atoms with van der Waals surface area (Å²) in [5, 5.41) is 16.3. The predicted octanol–water partition coefficient (Wildman–Crippen LogP) is 0.151. The molecule has 2 heterocycles. The van der Waals surface area contributed by atoms with Crippen LogP contribution in [0.1, 0.15) is 11.1 Å². The molecular weight excluding hydrogens is 324 g/mol. The summed E-state index contributed by atoms with van der Waals surface area (Å²) in [5.74, 6) is -0.373. The second kappa shape index (κ2) is 7.80. The fourth-order valence-electron chi connectivity index (χ4n) is 2.59. The molecule has 0 atom stereocenters. The van der Waals surface area contributed by atoms with Gasteiger partial charge in [-0.05, 0) is 12.0 Å². The molecule has 8 heteroatoms. The minimum absolute atomic E-state index is 0.0286. The predicted molar refractivity (Wildman–Crippen MR) is 93.1 cm³/mol. The van der Waals surface area contributed by atoms with E-state index in [1.54, 1.807) is 5.01 Å². The van der Waals surface area contributed by atoms with Gasteiger partial charge in [0.1, 0.15) is 5.56 Å². The smallest absolute Gasteiger partial charge is 0.331 e. The number of rotatable bonds is 5. The molecule has 132 valence electrons. The average Bonchev–Trinajstić information content (AvgIpc) is 2.63. The van der Waals surface area contributed by atoms with E-state index in [1.807, 2.05) is 30.3 Å². The van der Waals surface area contributed by atoms with E-state index < -0.39 is 11.2 Å². The highest BCUT2D eigenvalue weighted by Crippen LogP contribution is 2.10. The number of aromatic hydroxyl groups is 1. The van der Waals surface area contributed by atoms with Gasteiger partial charge in [0.15, 0.2) is 0 Å². The van der Waals surface area contributed by atoms with Crippen molar-refractivity contribution in [2.75, 3.05) is 26.3 Å². The number of hydrogen-bond acceptors (Lipinski definition) is 6. The molecule has 0 unspecified atom stereocenters. The van der Waals surface area contributed by atoms with E-state index in [0.717, 1.165) is 10.1 Å². The molecule has 0 radical (unpaired) electrons.